The van der Waals surface area contributed by atoms with Crippen molar-refractivity contribution in [2.24, 2.45) is 0 Å². The second-order valence-electron chi connectivity index (χ2n) is 3.31. The maximum atomic E-state index is 10.5. The molecule has 0 aliphatic heterocycles. The van der Waals surface area contributed by atoms with Gasteiger partial charge in [0.05, 0.1) is 5.75 Å². The summed E-state index contributed by atoms with van der Waals surface area (Å²) in [6.45, 7) is -0.140. The molecule has 0 saturated carbocycles. The lowest BCUT2D eigenvalue weighted by Crippen LogP contribution is -2.37. The van der Waals surface area contributed by atoms with Gasteiger partial charge in [-0.15, -0.1) is 0 Å². The molecule has 6 nitrogen and oxygen atoms in total. The molecule has 88 valence electrons. The van der Waals surface area contributed by atoms with Gasteiger partial charge in [-0.2, -0.15) is 13.0 Å². The molecule has 0 amide bonds. The minimum Gasteiger partial charge on any atom is -0.477 e. The first-order chi connectivity index (χ1) is 7.37. The molecule has 0 spiro atoms. The number of hydrogen-bond acceptors (Lipinski definition) is 3. The van der Waals surface area contributed by atoms with Crippen molar-refractivity contribution >= 4 is 16.1 Å². The summed E-state index contributed by atoms with van der Waals surface area (Å²) in [6, 6.07) is 3.24. The Hall–Kier alpha value is -1.47. The molecule has 0 aliphatic carbocycles. The van der Waals surface area contributed by atoms with Gasteiger partial charge >= 0.3 is 5.97 Å². The van der Waals surface area contributed by atoms with Gasteiger partial charge < -0.3 is 5.11 Å². The molecule has 2 N–H and O–H groups in total. The van der Waals surface area contributed by atoms with Gasteiger partial charge in [0.15, 0.2) is 12.4 Å². The molecule has 0 atom stereocenters. The lowest BCUT2D eigenvalue weighted by molar-refractivity contribution is -0.685. The first-order valence-corrected chi connectivity index (χ1v) is 6.13. The minimum absolute atomic E-state index is 0.140. The molecular weight excluding hydrogens is 234 g/mol. The first kappa shape index (κ1) is 12.6. The Morgan fingerprint density at radius 2 is 1.88 bits per heavy atom. The summed E-state index contributed by atoms with van der Waals surface area (Å²) in [6.07, 6.45) is 3.30. The molecule has 0 fully saturated rings. The Kier molecular flexibility index (Phi) is 3.97. The van der Waals surface area contributed by atoms with Gasteiger partial charge in [0.2, 0.25) is 6.54 Å². The maximum absolute atomic E-state index is 10.5. The molecule has 0 unspecified atom stereocenters. The van der Waals surface area contributed by atoms with E-state index in [-0.39, 0.29) is 18.7 Å². The molecule has 0 aromatic carbocycles. The Morgan fingerprint density at radius 3 is 2.31 bits per heavy atom. The van der Waals surface area contributed by atoms with Crippen LogP contribution < -0.4 is 4.57 Å². The highest BCUT2D eigenvalue weighted by molar-refractivity contribution is 7.85. The molecular formula is C9H12NO5S+. The minimum atomic E-state index is -3.95. The average Bonchev–Trinajstić information content (AvgIpc) is 2.14. The Labute approximate surface area is 92.9 Å². The van der Waals surface area contributed by atoms with Crippen LogP contribution in [0.5, 0.6) is 0 Å². The number of carbonyl (C=O) groups is 1. The highest BCUT2D eigenvalue weighted by atomic mass is 32.2. The number of aromatic nitrogens is 1. The SMILES string of the molecule is O=C(O)C[n+]1ccc(CCS(=O)(=O)O)cc1. The van der Waals surface area contributed by atoms with Gasteiger partial charge in [-0.25, -0.2) is 4.79 Å². The van der Waals surface area contributed by atoms with E-state index in [0.29, 0.717) is 0 Å². The molecule has 0 aliphatic rings. The quantitative estimate of drug-likeness (QED) is 0.539. The fraction of sp³-hybridized carbons (Fsp3) is 0.333. The van der Waals surface area contributed by atoms with E-state index < -0.39 is 16.1 Å². The zero-order valence-corrected chi connectivity index (χ0v) is 9.22. The molecule has 0 radical (unpaired) electrons. The molecule has 16 heavy (non-hydrogen) atoms. The maximum Gasteiger partial charge on any atom is 0.370 e. The standard InChI is InChI=1S/C9H11NO5S/c11-9(12)7-10-4-1-8(2-5-10)3-6-16(13,14)15/h1-2,4-5H,3,6-7H2,(H-,11,12,13,14,15)/p+1. The topological polar surface area (TPSA) is 95.5 Å². The predicted octanol–water partition coefficient (Wildman–Crippen LogP) is -0.511. The fourth-order valence-electron chi connectivity index (χ4n) is 1.16. The summed E-state index contributed by atoms with van der Waals surface area (Å²) in [5.41, 5.74) is 0.722. The summed E-state index contributed by atoms with van der Waals surface area (Å²) in [5, 5.41) is 8.51. The molecule has 1 aromatic rings. The van der Waals surface area contributed by atoms with Crippen molar-refractivity contribution in [2.45, 2.75) is 13.0 Å². The van der Waals surface area contributed by atoms with E-state index in [1.54, 1.807) is 24.5 Å². The van der Waals surface area contributed by atoms with Crippen LogP contribution in [0.2, 0.25) is 0 Å². The van der Waals surface area contributed by atoms with E-state index in [1.807, 2.05) is 0 Å². The number of pyridine rings is 1. The zero-order valence-electron chi connectivity index (χ0n) is 8.41. The number of carboxylic acid groups (broad SMARTS) is 1. The third-order valence-corrected chi connectivity index (χ3v) is 2.65. The number of carboxylic acids is 1. The number of aliphatic carboxylic acids is 1. The van der Waals surface area contributed by atoms with Crippen molar-refractivity contribution < 1.29 is 27.4 Å². The zero-order chi connectivity index (χ0) is 12.2. The highest BCUT2D eigenvalue weighted by Crippen LogP contribution is 1.98. The van der Waals surface area contributed by atoms with Crippen molar-refractivity contribution in [1.29, 1.82) is 0 Å². The van der Waals surface area contributed by atoms with E-state index in [9.17, 15) is 13.2 Å². The van der Waals surface area contributed by atoms with E-state index in [0.717, 1.165) is 5.56 Å². The van der Waals surface area contributed by atoms with Crippen LogP contribution in [0.4, 0.5) is 0 Å². The predicted molar refractivity (Wildman–Crippen MR) is 54.4 cm³/mol. The van der Waals surface area contributed by atoms with Crippen LogP contribution in [0.3, 0.4) is 0 Å². The lowest BCUT2D eigenvalue weighted by Gasteiger charge is -1.98. The van der Waals surface area contributed by atoms with E-state index in [2.05, 4.69) is 0 Å². The number of rotatable bonds is 5. The van der Waals surface area contributed by atoms with Crippen molar-refractivity contribution in [3.05, 3.63) is 30.1 Å². The number of aryl methyl sites for hydroxylation is 1. The molecule has 1 heterocycles. The van der Waals surface area contributed by atoms with Crippen LogP contribution in [0, 0.1) is 0 Å². The monoisotopic (exact) mass is 246 g/mol. The van der Waals surface area contributed by atoms with Gasteiger partial charge in [0, 0.05) is 12.1 Å². The molecule has 0 bridgehead atoms. The summed E-state index contributed by atoms with van der Waals surface area (Å²) in [4.78, 5) is 10.4. The molecule has 1 rings (SSSR count). The Balaban J connectivity index is 2.61. The smallest absolute Gasteiger partial charge is 0.370 e. The van der Waals surface area contributed by atoms with Gasteiger partial charge in [-0.3, -0.25) is 4.55 Å². The summed E-state index contributed by atoms with van der Waals surface area (Å²) in [7, 11) is -3.95. The van der Waals surface area contributed by atoms with Crippen LogP contribution in [0.25, 0.3) is 0 Å². The summed E-state index contributed by atoms with van der Waals surface area (Å²) in [5.74, 6) is -1.29. The van der Waals surface area contributed by atoms with Crippen molar-refractivity contribution in [3.8, 4) is 0 Å². The second kappa shape index (κ2) is 5.04. The van der Waals surface area contributed by atoms with Crippen LogP contribution in [-0.4, -0.2) is 29.8 Å². The van der Waals surface area contributed by atoms with Gasteiger partial charge in [-0.05, 0) is 12.0 Å². The van der Waals surface area contributed by atoms with Gasteiger partial charge in [-0.1, -0.05) is 0 Å². The Morgan fingerprint density at radius 1 is 1.31 bits per heavy atom. The Bertz CT molecular complexity index is 465. The number of hydrogen-bond donors (Lipinski definition) is 2. The molecule has 7 heteroatoms. The second-order valence-corrected chi connectivity index (χ2v) is 4.88. The van der Waals surface area contributed by atoms with E-state index in [4.69, 9.17) is 9.66 Å². The average molecular weight is 246 g/mol. The molecule has 0 saturated heterocycles. The van der Waals surface area contributed by atoms with E-state index in [1.165, 1.54) is 4.57 Å². The van der Waals surface area contributed by atoms with Crippen molar-refractivity contribution in [2.75, 3.05) is 5.75 Å². The van der Waals surface area contributed by atoms with Gasteiger partial charge in [0.1, 0.15) is 0 Å². The number of nitrogens with zero attached hydrogens (tertiary/aromatic N) is 1. The fourth-order valence-corrected chi connectivity index (χ4v) is 1.66. The largest absolute Gasteiger partial charge is 0.477 e. The third kappa shape index (κ3) is 4.85. The van der Waals surface area contributed by atoms with Crippen LogP contribution in [0.1, 0.15) is 5.56 Å². The molecule has 1 aromatic heterocycles. The van der Waals surface area contributed by atoms with Crippen molar-refractivity contribution in [3.63, 3.8) is 0 Å². The summed E-state index contributed by atoms with van der Waals surface area (Å²) < 4.78 is 31.0. The normalized spacial score (nSPS) is 11.3. The summed E-state index contributed by atoms with van der Waals surface area (Å²) >= 11 is 0. The van der Waals surface area contributed by atoms with Crippen LogP contribution in [-0.2, 0) is 27.9 Å². The lowest BCUT2D eigenvalue weighted by atomic mass is 10.2. The first-order valence-electron chi connectivity index (χ1n) is 4.52. The highest BCUT2D eigenvalue weighted by Gasteiger charge is 2.08. The van der Waals surface area contributed by atoms with Crippen LogP contribution >= 0.6 is 0 Å². The van der Waals surface area contributed by atoms with Crippen LogP contribution in [0.15, 0.2) is 24.5 Å². The third-order valence-electron chi connectivity index (χ3n) is 1.93. The van der Waals surface area contributed by atoms with Gasteiger partial charge in [0.25, 0.3) is 10.1 Å². The van der Waals surface area contributed by atoms with Crippen molar-refractivity contribution in [1.82, 2.24) is 0 Å². The van der Waals surface area contributed by atoms with E-state index >= 15 is 0 Å².